The SMILES string of the molecule is C=CCn1c2ccccc2c2ccc(N(c3ccc(N(C4=CCC(Nc5ccc6c7ccccc7n(-c7ccccc7)c6c5)(c5ccc6c7ccccc7n(CC=C)c6c5)C=C4)c4ccc5c6ccccc6n(-c6ccccc6)c5c4)cc3)c3ccc4c5ccccc5n(-c5ccccc5)c4c3)cc21. The molecule has 0 spiro atoms. The molecule has 0 fully saturated rings. The van der Waals surface area contributed by atoms with E-state index in [1.54, 1.807) is 0 Å². The summed E-state index contributed by atoms with van der Waals surface area (Å²) < 4.78 is 12.0. The molecule has 8 nitrogen and oxygen atoms in total. The fraction of sp³-hybridized carbons (Fsp3) is 0.0417. The number of anilines is 6. The highest BCUT2D eigenvalue weighted by molar-refractivity contribution is 6.14. The van der Waals surface area contributed by atoms with E-state index < -0.39 is 5.54 Å². The van der Waals surface area contributed by atoms with Gasteiger partial charge in [-0.2, -0.15) is 0 Å². The van der Waals surface area contributed by atoms with Crippen molar-refractivity contribution in [2.24, 2.45) is 0 Å². The Morgan fingerprint density at radius 2 is 0.644 bits per heavy atom. The molecule has 14 aromatic carbocycles. The maximum absolute atomic E-state index is 4.28. The Morgan fingerprint density at radius 3 is 1.09 bits per heavy atom. The maximum Gasteiger partial charge on any atom is 0.0849 e. The summed E-state index contributed by atoms with van der Waals surface area (Å²) in [6.07, 6.45) is 11.9. The molecule has 494 valence electrons. The molecular weight excluding hydrogens is 1270 g/mol. The van der Waals surface area contributed by atoms with Crippen LogP contribution in [0.25, 0.3) is 126 Å². The molecule has 8 heteroatoms. The second-order valence-electron chi connectivity index (χ2n) is 27.4. The van der Waals surface area contributed by atoms with E-state index in [2.05, 4.69) is 397 Å². The van der Waals surface area contributed by atoms with E-state index in [1.807, 2.05) is 12.2 Å². The van der Waals surface area contributed by atoms with Gasteiger partial charge in [0.15, 0.2) is 0 Å². The monoisotopic (exact) mass is 1330 g/mol. The van der Waals surface area contributed by atoms with E-state index in [0.29, 0.717) is 19.5 Å². The summed E-state index contributed by atoms with van der Waals surface area (Å²) in [7, 11) is 0. The van der Waals surface area contributed by atoms with Crippen LogP contribution in [0.4, 0.5) is 34.1 Å². The van der Waals surface area contributed by atoms with Crippen LogP contribution < -0.4 is 15.1 Å². The lowest BCUT2D eigenvalue weighted by molar-refractivity contribution is 0.614. The van der Waals surface area contributed by atoms with Gasteiger partial charge >= 0.3 is 0 Å². The molecule has 5 aromatic heterocycles. The highest BCUT2D eigenvalue weighted by Crippen LogP contribution is 2.47. The second-order valence-corrected chi connectivity index (χ2v) is 27.4. The van der Waals surface area contributed by atoms with Crippen LogP contribution in [0.2, 0.25) is 0 Å². The van der Waals surface area contributed by atoms with Gasteiger partial charge in [0.05, 0.1) is 44.2 Å². The van der Waals surface area contributed by atoms with Gasteiger partial charge in [0.25, 0.3) is 0 Å². The van der Waals surface area contributed by atoms with Gasteiger partial charge < -0.3 is 38.0 Å². The predicted octanol–water partition coefficient (Wildman–Crippen LogP) is 25.0. The van der Waals surface area contributed by atoms with Crippen LogP contribution in [0.1, 0.15) is 12.0 Å². The van der Waals surface area contributed by atoms with E-state index in [4.69, 9.17) is 0 Å². The molecule has 1 unspecified atom stereocenters. The molecule has 104 heavy (non-hydrogen) atoms. The number of nitrogens with one attached hydrogen (secondary N) is 1. The first-order valence-corrected chi connectivity index (χ1v) is 35.9. The minimum absolute atomic E-state index is 0.619. The molecule has 0 saturated heterocycles. The van der Waals surface area contributed by atoms with Crippen LogP contribution in [-0.4, -0.2) is 22.8 Å². The second kappa shape index (κ2) is 24.4. The normalized spacial score (nSPS) is 13.9. The van der Waals surface area contributed by atoms with Gasteiger partial charge in [-0.25, -0.2) is 0 Å². The molecule has 0 amide bonds. The number of nitrogens with zero attached hydrogens (tertiary/aromatic N) is 7. The molecular formula is C96H70N8. The Morgan fingerprint density at radius 1 is 0.308 bits per heavy atom. The van der Waals surface area contributed by atoms with Crippen molar-refractivity contribution in [2.75, 3.05) is 15.1 Å². The molecule has 5 heterocycles. The smallest absolute Gasteiger partial charge is 0.0849 e. The van der Waals surface area contributed by atoms with Crippen molar-refractivity contribution in [3.05, 3.63) is 382 Å². The Hall–Kier alpha value is -13.6. The average molecular weight is 1340 g/mol. The average Bonchev–Trinajstić information content (AvgIpc) is 0.935. The van der Waals surface area contributed by atoms with Crippen molar-refractivity contribution in [3.63, 3.8) is 0 Å². The zero-order chi connectivity index (χ0) is 69.0. The van der Waals surface area contributed by atoms with Crippen LogP contribution >= 0.6 is 0 Å². The lowest BCUT2D eigenvalue weighted by atomic mass is 9.82. The summed E-state index contributed by atoms with van der Waals surface area (Å²) in [6, 6.07) is 120. The van der Waals surface area contributed by atoms with E-state index >= 15 is 0 Å². The molecule has 0 saturated carbocycles. The number of para-hydroxylation sites is 8. The largest absolute Gasteiger partial charge is 0.372 e. The number of aromatic nitrogens is 5. The molecule has 1 aliphatic rings. The topological polar surface area (TPSA) is 43.2 Å². The number of rotatable bonds is 16. The van der Waals surface area contributed by atoms with Crippen LogP contribution in [0.3, 0.4) is 0 Å². The van der Waals surface area contributed by atoms with Crippen LogP contribution in [-0.2, 0) is 18.6 Å². The summed E-state index contributed by atoms with van der Waals surface area (Å²) in [5.41, 5.74) is 22.6. The fourth-order valence-corrected chi connectivity index (χ4v) is 17.0. The Balaban J connectivity index is 0.776. The predicted molar refractivity (Wildman–Crippen MR) is 439 cm³/mol. The Bertz CT molecular complexity index is 6720. The van der Waals surface area contributed by atoms with Gasteiger partial charge in [0.1, 0.15) is 0 Å². The lowest BCUT2D eigenvalue weighted by Crippen LogP contribution is -2.35. The molecule has 19 aromatic rings. The molecule has 0 radical (unpaired) electrons. The highest BCUT2D eigenvalue weighted by Gasteiger charge is 2.34. The minimum atomic E-state index is -0.712. The van der Waals surface area contributed by atoms with Crippen LogP contribution in [0, 0.1) is 0 Å². The highest BCUT2D eigenvalue weighted by atomic mass is 15.2. The molecule has 1 atom stereocenters. The molecule has 0 bridgehead atoms. The fourth-order valence-electron chi connectivity index (χ4n) is 17.0. The van der Waals surface area contributed by atoms with Crippen molar-refractivity contribution in [2.45, 2.75) is 25.0 Å². The Labute approximate surface area is 601 Å². The minimum Gasteiger partial charge on any atom is -0.372 e. The quantitative estimate of drug-likeness (QED) is 0.0981. The van der Waals surface area contributed by atoms with Crippen molar-refractivity contribution in [3.8, 4) is 17.1 Å². The van der Waals surface area contributed by atoms with E-state index in [9.17, 15) is 0 Å². The van der Waals surface area contributed by atoms with E-state index in [0.717, 1.165) is 95.5 Å². The summed E-state index contributed by atoms with van der Waals surface area (Å²) in [6.45, 7) is 9.84. The van der Waals surface area contributed by atoms with Gasteiger partial charge in [-0.15, -0.1) is 13.2 Å². The summed E-state index contributed by atoms with van der Waals surface area (Å²) in [4.78, 5) is 4.89. The first kappa shape index (κ1) is 60.4. The van der Waals surface area contributed by atoms with Gasteiger partial charge in [-0.1, -0.05) is 206 Å². The van der Waals surface area contributed by atoms with Gasteiger partial charge in [-0.3, -0.25) is 0 Å². The molecule has 1 N–H and O–H groups in total. The summed E-state index contributed by atoms with van der Waals surface area (Å²) in [5, 5.41) is 16.4. The number of fused-ring (bicyclic) bond motifs is 15. The first-order valence-electron chi connectivity index (χ1n) is 35.9. The number of benzene rings is 14. The first-order chi connectivity index (χ1) is 51.5. The van der Waals surface area contributed by atoms with Gasteiger partial charge in [0.2, 0.25) is 0 Å². The van der Waals surface area contributed by atoms with E-state index in [-0.39, 0.29) is 0 Å². The van der Waals surface area contributed by atoms with Crippen molar-refractivity contribution in [1.29, 1.82) is 0 Å². The van der Waals surface area contributed by atoms with Crippen molar-refractivity contribution >= 4 is 143 Å². The molecule has 20 rings (SSSR count). The van der Waals surface area contributed by atoms with Crippen molar-refractivity contribution in [1.82, 2.24) is 22.8 Å². The summed E-state index contributed by atoms with van der Waals surface area (Å²) in [5.74, 6) is 0. The Kier molecular flexibility index (Phi) is 14.2. The standard InChI is InChI=1S/C96H70N8/c1-3-58-98-86-35-19-14-30-76(86)81-49-40-65(60-91(81)98)96(97-66-41-50-83-78-32-16-21-37-88(78)102(93(83)61-66)67-24-8-5-9-25-67)56-54-72(55-57-96)100(74-47-52-84-79-33-17-22-38-89(79)103(94(84)63-74)68-26-10-6-11-27-68)70-42-44-71(45-43-70)101(73-46-51-82-77-31-15-20-36-87(77)99(59-4-2)92(82)62-73)75-48-53-85-80-34-18-23-39-90(80)104(95(85)64-75)69-28-12-7-13-29-69/h3-56,60-64,97H,1-2,57-59H2. The third-order valence-corrected chi connectivity index (χ3v) is 21.6. The van der Waals surface area contributed by atoms with Crippen LogP contribution in [0.5, 0.6) is 0 Å². The zero-order valence-electron chi connectivity index (χ0n) is 57.2. The summed E-state index contributed by atoms with van der Waals surface area (Å²) >= 11 is 0. The van der Waals surface area contributed by atoms with E-state index in [1.165, 1.54) is 75.9 Å². The van der Waals surface area contributed by atoms with Crippen LogP contribution in [0.15, 0.2) is 377 Å². The van der Waals surface area contributed by atoms with Gasteiger partial charge in [-0.05, 0) is 164 Å². The maximum atomic E-state index is 4.28. The lowest BCUT2D eigenvalue weighted by Gasteiger charge is -2.37. The number of allylic oxidation sites excluding steroid dienone is 3. The van der Waals surface area contributed by atoms with Crippen molar-refractivity contribution < 1.29 is 0 Å². The van der Waals surface area contributed by atoms with Gasteiger partial charge in [0, 0.05) is 140 Å². The number of hydrogen-bond donors (Lipinski definition) is 1. The third kappa shape index (κ3) is 9.60. The zero-order valence-corrected chi connectivity index (χ0v) is 57.2. The molecule has 0 aliphatic heterocycles. The third-order valence-electron chi connectivity index (χ3n) is 21.6. The number of hydrogen-bond acceptors (Lipinski definition) is 3. The molecule has 1 aliphatic carbocycles.